The number of ether oxygens (including phenoxy) is 3. The molecule has 3 aliphatic rings. The molecule has 28 heavy (non-hydrogen) atoms. The first-order chi connectivity index (χ1) is 13.6. The summed E-state index contributed by atoms with van der Waals surface area (Å²) in [5.74, 6) is 0.297. The molecule has 0 aromatic carbocycles. The number of hydrogen-bond acceptors (Lipinski definition) is 5. The minimum Gasteiger partial charge on any atom is -0.376 e. The predicted octanol–water partition coefficient (Wildman–Crippen LogP) is 2.84. The highest BCUT2D eigenvalue weighted by atomic mass is 16.5. The Bertz CT molecular complexity index is 469. The highest BCUT2D eigenvalue weighted by Crippen LogP contribution is 2.36. The average molecular weight is 397 g/mol. The molecule has 6 heteroatoms. The van der Waals surface area contributed by atoms with Crippen molar-refractivity contribution in [3.63, 3.8) is 0 Å². The minimum atomic E-state index is -0.0960. The normalized spacial score (nSPS) is 26.5. The summed E-state index contributed by atoms with van der Waals surface area (Å²) in [5.41, 5.74) is -0.0960. The first kappa shape index (κ1) is 22.0. The van der Waals surface area contributed by atoms with Crippen molar-refractivity contribution in [1.29, 1.82) is 0 Å². The first-order valence-electron chi connectivity index (χ1n) is 11.4. The maximum atomic E-state index is 12.7. The zero-order chi connectivity index (χ0) is 19.8. The Morgan fingerprint density at radius 3 is 2.46 bits per heavy atom. The van der Waals surface area contributed by atoms with Crippen LogP contribution in [0.1, 0.15) is 65.2 Å². The van der Waals surface area contributed by atoms with Crippen molar-refractivity contribution in [3.8, 4) is 0 Å². The summed E-state index contributed by atoms with van der Waals surface area (Å²) in [6.07, 6.45) is 9.35. The molecule has 3 rings (SSSR count). The van der Waals surface area contributed by atoms with Crippen LogP contribution in [-0.2, 0) is 19.0 Å². The van der Waals surface area contributed by atoms with E-state index in [0.717, 1.165) is 58.5 Å². The molecule has 6 nitrogen and oxygen atoms in total. The van der Waals surface area contributed by atoms with Gasteiger partial charge in [-0.1, -0.05) is 12.8 Å². The van der Waals surface area contributed by atoms with Gasteiger partial charge < -0.3 is 19.1 Å². The van der Waals surface area contributed by atoms with Gasteiger partial charge in [-0.05, 0) is 59.0 Å². The molecule has 0 radical (unpaired) electrons. The van der Waals surface area contributed by atoms with Gasteiger partial charge in [0.25, 0.3) is 0 Å². The van der Waals surface area contributed by atoms with Crippen molar-refractivity contribution >= 4 is 5.91 Å². The predicted molar refractivity (Wildman–Crippen MR) is 109 cm³/mol. The quantitative estimate of drug-likeness (QED) is 0.620. The van der Waals surface area contributed by atoms with Crippen molar-refractivity contribution < 1.29 is 19.0 Å². The number of amides is 1. The smallest absolute Gasteiger partial charge is 0.236 e. The SMILES string of the molecule is CC(C)OCCOC1CCOC2(CCN(C(=O)CN3CCCCCC3)CC2)C1. The molecule has 3 aliphatic heterocycles. The Hall–Kier alpha value is -0.690. The highest BCUT2D eigenvalue weighted by Gasteiger charge is 2.41. The number of hydrogen-bond donors (Lipinski definition) is 0. The third kappa shape index (κ3) is 6.68. The Morgan fingerprint density at radius 1 is 1.07 bits per heavy atom. The van der Waals surface area contributed by atoms with Crippen LogP contribution in [0.4, 0.5) is 0 Å². The monoisotopic (exact) mass is 396 g/mol. The van der Waals surface area contributed by atoms with Crippen LogP contribution in [0.25, 0.3) is 0 Å². The molecular formula is C22H40N2O4. The lowest BCUT2D eigenvalue weighted by Crippen LogP contribution is -2.53. The van der Waals surface area contributed by atoms with Crippen LogP contribution in [0.5, 0.6) is 0 Å². The van der Waals surface area contributed by atoms with E-state index in [-0.39, 0.29) is 17.8 Å². The van der Waals surface area contributed by atoms with E-state index in [9.17, 15) is 4.79 Å². The van der Waals surface area contributed by atoms with Gasteiger partial charge in [0.2, 0.25) is 5.91 Å². The summed E-state index contributed by atoms with van der Waals surface area (Å²) in [4.78, 5) is 17.2. The molecule has 3 fully saturated rings. The van der Waals surface area contributed by atoms with E-state index < -0.39 is 0 Å². The second-order valence-electron chi connectivity index (χ2n) is 9.01. The molecule has 0 N–H and O–H groups in total. The average Bonchev–Trinajstić information content (AvgIpc) is 2.94. The van der Waals surface area contributed by atoms with E-state index in [1.807, 2.05) is 13.8 Å². The fraction of sp³-hybridized carbons (Fsp3) is 0.955. The number of carbonyl (C=O) groups excluding carboxylic acids is 1. The minimum absolute atomic E-state index is 0.0960. The van der Waals surface area contributed by atoms with Gasteiger partial charge in [0.05, 0.1) is 37.6 Å². The number of likely N-dealkylation sites (tertiary alicyclic amines) is 2. The fourth-order valence-corrected chi connectivity index (χ4v) is 4.72. The van der Waals surface area contributed by atoms with Gasteiger partial charge in [-0.15, -0.1) is 0 Å². The molecule has 3 heterocycles. The maximum absolute atomic E-state index is 12.7. The van der Waals surface area contributed by atoms with Gasteiger partial charge in [-0.25, -0.2) is 0 Å². The lowest BCUT2D eigenvalue weighted by atomic mass is 9.83. The number of nitrogens with zero attached hydrogens (tertiary/aromatic N) is 2. The summed E-state index contributed by atoms with van der Waals surface area (Å²) in [5, 5.41) is 0. The highest BCUT2D eigenvalue weighted by molar-refractivity contribution is 5.78. The zero-order valence-electron chi connectivity index (χ0n) is 18.0. The molecule has 0 aromatic heterocycles. The Kier molecular flexibility index (Phi) is 8.57. The van der Waals surface area contributed by atoms with Crippen LogP contribution >= 0.6 is 0 Å². The van der Waals surface area contributed by atoms with Gasteiger partial charge >= 0.3 is 0 Å². The van der Waals surface area contributed by atoms with Gasteiger partial charge in [0.15, 0.2) is 0 Å². The van der Waals surface area contributed by atoms with Crippen LogP contribution in [0, 0.1) is 0 Å². The maximum Gasteiger partial charge on any atom is 0.236 e. The first-order valence-corrected chi connectivity index (χ1v) is 11.4. The molecule has 1 unspecified atom stereocenters. The Labute approximate surface area is 170 Å². The lowest BCUT2D eigenvalue weighted by molar-refractivity contribution is -0.164. The molecular weight excluding hydrogens is 356 g/mol. The van der Waals surface area contributed by atoms with Crippen molar-refractivity contribution in [2.45, 2.75) is 83.0 Å². The van der Waals surface area contributed by atoms with E-state index in [4.69, 9.17) is 14.2 Å². The van der Waals surface area contributed by atoms with Crippen LogP contribution in [0.15, 0.2) is 0 Å². The van der Waals surface area contributed by atoms with Gasteiger partial charge in [-0.3, -0.25) is 9.69 Å². The van der Waals surface area contributed by atoms with Crippen LogP contribution in [0.2, 0.25) is 0 Å². The van der Waals surface area contributed by atoms with Gasteiger partial charge in [0, 0.05) is 26.1 Å². The molecule has 3 saturated heterocycles. The van der Waals surface area contributed by atoms with Crippen LogP contribution < -0.4 is 0 Å². The van der Waals surface area contributed by atoms with Gasteiger partial charge in [-0.2, -0.15) is 0 Å². The topological polar surface area (TPSA) is 51.2 Å². The summed E-state index contributed by atoms with van der Waals surface area (Å²) in [6, 6.07) is 0. The molecule has 0 aliphatic carbocycles. The summed E-state index contributed by atoms with van der Waals surface area (Å²) >= 11 is 0. The molecule has 0 bridgehead atoms. The third-order valence-electron chi connectivity index (χ3n) is 6.42. The Morgan fingerprint density at radius 2 is 1.79 bits per heavy atom. The number of carbonyl (C=O) groups is 1. The summed E-state index contributed by atoms with van der Waals surface area (Å²) in [7, 11) is 0. The Balaban J connectivity index is 1.40. The van der Waals surface area contributed by atoms with Gasteiger partial charge in [0.1, 0.15) is 0 Å². The molecule has 162 valence electrons. The van der Waals surface area contributed by atoms with Crippen molar-refractivity contribution in [3.05, 3.63) is 0 Å². The number of piperidine rings is 1. The summed E-state index contributed by atoms with van der Waals surface area (Å²) < 4.78 is 17.8. The molecule has 1 amide bonds. The molecule has 1 atom stereocenters. The third-order valence-corrected chi connectivity index (χ3v) is 6.42. The lowest BCUT2D eigenvalue weighted by Gasteiger charge is -2.46. The standard InChI is InChI=1S/C22H40N2O4/c1-19(2)26-15-16-27-20-7-14-28-22(17-20)8-12-24(13-9-22)21(25)18-23-10-5-3-4-6-11-23/h19-20H,3-18H2,1-2H3. The van der Waals surface area contributed by atoms with Crippen molar-refractivity contribution in [2.75, 3.05) is 52.5 Å². The van der Waals surface area contributed by atoms with E-state index in [0.29, 0.717) is 25.7 Å². The van der Waals surface area contributed by atoms with E-state index in [2.05, 4.69) is 9.80 Å². The van der Waals surface area contributed by atoms with E-state index in [1.165, 1.54) is 25.7 Å². The molecule has 0 aromatic rings. The van der Waals surface area contributed by atoms with Crippen molar-refractivity contribution in [1.82, 2.24) is 9.80 Å². The number of rotatable bonds is 7. The van der Waals surface area contributed by atoms with E-state index in [1.54, 1.807) is 0 Å². The second-order valence-corrected chi connectivity index (χ2v) is 9.01. The zero-order valence-corrected chi connectivity index (χ0v) is 18.0. The summed E-state index contributed by atoms with van der Waals surface area (Å²) in [6.45, 7) is 10.5. The molecule has 0 saturated carbocycles. The van der Waals surface area contributed by atoms with Crippen LogP contribution in [0.3, 0.4) is 0 Å². The second kappa shape index (κ2) is 10.9. The van der Waals surface area contributed by atoms with Crippen molar-refractivity contribution in [2.24, 2.45) is 0 Å². The largest absolute Gasteiger partial charge is 0.376 e. The van der Waals surface area contributed by atoms with E-state index >= 15 is 0 Å². The molecule has 1 spiro atoms. The fourth-order valence-electron chi connectivity index (χ4n) is 4.72. The van der Waals surface area contributed by atoms with Crippen LogP contribution in [-0.4, -0.2) is 86.1 Å².